The molecule has 0 atom stereocenters. The molecule has 0 amide bonds. The van der Waals surface area contributed by atoms with Crippen molar-refractivity contribution in [2.75, 3.05) is 26.0 Å². The lowest BCUT2D eigenvalue weighted by Crippen LogP contribution is -2.09. The van der Waals surface area contributed by atoms with Gasteiger partial charge in [0.15, 0.2) is 5.13 Å². The van der Waals surface area contributed by atoms with Crippen LogP contribution in [0.1, 0.15) is 11.9 Å². The molecule has 2 aromatic rings. The van der Waals surface area contributed by atoms with Crippen molar-refractivity contribution in [1.29, 1.82) is 0 Å². The van der Waals surface area contributed by atoms with Gasteiger partial charge in [-0.1, -0.05) is 0 Å². The molecule has 2 aromatic heterocycles. The van der Waals surface area contributed by atoms with Crippen molar-refractivity contribution >= 4 is 27.8 Å². The predicted molar refractivity (Wildman–Crippen MR) is 74.8 cm³/mol. The average molecular weight is 268 g/mol. The summed E-state index contributed by atoms with van der Waals surface area (Å²) in [6.07, 6.45) is 1.91. The Kier molecular flexibility index (Phi) is 4.09. The van der Waals surface area contributed by atoms with Crippen LogP contribution in [0.5, 0.6) is 0 Å². The highest BCUT2D eigenvalue weighted by molar-refractivity contribution is 7.16. The molecule has 1 N–H and O–H groups in total. The molecule has 6 heteroatoms. The van der Waals surface area contributed by atoms with Crippen molar-refractivity contribution in [1.82, 2.24) is 14.9 Å². The number of aromatic nitrogens is 2. The monoisotopic (exact) mass is 268 g/mol. The summed E-state index contributed by atoms with van der Waals surface area (Å²) in [6, 6.07) is 0. The van der Waals surface area contributed by atoms with Crippen LogP contribution in [-0.2, 0) is 6.54 Å². The van der Waals surface area contributed by atoms with Crippen LogP contribution < -0.4 is 5.32 Å². The van der Waals surface area contributed by atoms with Crippen molar-refractivity contribution in [2.45, 2.75) is 13.5 Å². The third-order valence-electron chi connectivity index (χ3n) is 2.09. The van der Waals surface area contributed by atoms with Crippen molar-refractivity contribution in [3.05, 3.63) is 16.6 Å². The zero-order valence-electron chi connectivity index (χ0n) is 10.2. The Balaban J connectivity index is 2.12. The lowest BCUT2D eigenvalue weighted by atomic mass is 10.4. The van der Waals surface area contributed by atoms with Gasteiger partial charge < -0.3 is 10.2 Å². The van der Waals surface area contributed by atoms with Gasteiger partial charge in [0.2, 0.25) is 0 Å². The highest BCUT2D eigenvalue weighted by atomic mass is 32.1. The van der Waals surface area contributed by atoms with E-state index in [-0.39, 0.29) is 0 Å². The summed E-state index contributed by atoms with van der Waals surface area (Å²) in [5.41, 5.74) is 1.02. The number of nitrogens with one attached hydrogen (secondary N) is 1. The normalized spacial score (nSPS) is 11.1. The average Bonchev–Trinajstić information content (AvgIpc) is 2.86. The minimum Gasteiger partial charge on any atom is -0.362 e. The van der Waals surface area contributed by atoms with E-state index in [9.17, 15) is 0 Å². The number of hydrogen-bond acceptors (Lipinski definition) is 6. The van der Waals surface area contributed by atoms with Gasteiger partial charge >= 0.3 is 0 Å². The second-order valence-corrected chi connectivity index (χ2v) is 5.90. The van der Waals surface area contributed by atoms with Gasteiger partial charge in [0.05, 0.1) is 10.6 Å². The van der Waals surface area contributed by atoms with Crippen LogP contribution >= 0.6 is 22.7 Å². The van der Waals surface area contributed by atoms with E-state index in [1.54, 1.807) is 22.7 Å². The van der Waals surface area contributed by atoms with Crippen LogP contribution in [0.4, 0.5) is 5.13 Å². The maximum Gasteiger partial charge on any atom is 0.183 e. The molecule has 0 aliphatic heterocycles. The Bertz CT molecular complexity index is 475. The van der Waals surface area contributed by atoms with Crippen LogP contribution in [0.2, 0.25) is 0 Å². The summed E-state index contributed by atoms with van der Waals surface area (Å²) in [6.45, 7) is 3.86. The van der Waals surface area contributed by atoms with Crippen molar-refractivity contribution in [3.8, 4) is 10.6 Å². The van der Waals surface area contributed by atoms with Gasteiger partial charge in [-0.2, -0.15) is 0 Å². The first-order chi connectivity index (χ1) is 8.19. The minimum atomic E-state index is 0.884. The third kappa shape index (κ3) is 3.24. The maximum absolute atomic E-state index is 4.53. The molecule has 0 saturated heterocycles. The van der Waals surface area contributed by atoms with E-state index in [2.05, 4.69) is 32.5 Å². The molecule has 0 saturated carbocycles. The lowest BCUT2D eigenvalue weighted by Gasteiger charge is -2.04. The second-order valence-electron chi connectivity index (χ2n) is 3.92. The fourth-order valence-electron chi connectivity index (χ4n) is 1.39. The fraction of sp³-hybridized carbons (Fsp3) is 0.455. The SMILES string of the molecule is CCNc1nc(-c2cnc(CN(C)C)s2)cs1. The number of thiazole rings is 2. The smallest absolute Gasteiger partial charge is 0.183 e. The topological polar surface area (TPSA) is 41.1 Å². The molecule has 0 aliphatic carbocycles. The number of hydrogen-bond donors (Lipinski definition) is 1. The Hall–Kier alpha value is -0.980. The summed E-state index contributed by atoms with van der Waals surface area (Å²) < 4.78 is 0. The summed E-state index contributed by atoms with van der Waals surface area (Å²) >= 11 is 3.35. The van der Waals surface area contributed by atoms with E-state index in [0.717, 1.165) is 33.8 Å². The van der Waals surface area contributed by atoms with Gasteiger partial charge in [0.1, 0.15) is 5.01 Å². The van der Waals surface area contributed by atoms with Gasteiger partial charge in [-0.15, -0.1) is 22.7 Å². The molecule has 0 bridgehead atoms. The van der Waals surface area contributed by atoms with Crippen molar-refractivity contribution in [3.63, 3.8) is 0 Å². The maximum atomic E-state index is 4.53. The van der Waals surface area contributed by atoms with E-state index < -0.39 is 0 Å². The standard InChI is InChI=1S/C11H16N4S2/c1-4-12-11-14-8(7-16-11)9-5-13-10(17-9)6-15(2)3/h5,7H,4,6H2,1-3H3,(H,12,14). The molecular weight excluding hydrogens is 252 g/mol. The number of anilines is 1. The quantitative estimate of drug-likeness (QED) is 0.905. The number of nitrogens with zero attached hydrogens (tertiary/aromatic N) is 3. The Morgan fingerprint density at radius 3 is 2.94 bits per heavy atom. The van der Waals surface area contributed by atoms with Crippen LogP contribution in [0, 0.1) is 0 Å². The summed E-state index contributed by atoms with van der Waals surface area (Å²) in [5.74, 6) is 0. The van der Waals surface area contributed by atoms with Gasteiger partial charge in [0, 0.05) is 24.7 Å². The summed E-state index contributed by atoms with van der Waals surface area (Å²) in [4.78, 5) is 12.2. The van der Waals surface area contributed by atoms with E-state index in [1.165, 1.54) is 0 Å². The van der Waals surface area contributed by atoms with E-state index >= 15 is 0 Å². The lowest BCUT2D eigenvalue weighted by molar-refractivity contribution is 0.401. The van der Waals surface area contributed by atoms with Crippen LogP contribution in [-0.4, -0.2) is 35.5 Å². The molecule has 2 rings (SSSR count). The summed E-state index contributed by atoms with van der Waals surface area (Å²) in [7, 11) is 4.10. The summed E-state index contributed by atoms with van der Waals surface area (Å²) in [5, 5.41) is 7.40. The largest absolute Gasteiger partial charge is 0.362 e. The highest BCUT2D eigenvalue weighted by Gasteiger charge is 2.08. The molecule has 0 radical (unpaired) electrons. The molecule has 2 heterocycles. The molecule has 0 spiro atoms. The molecule has 0 unspecified atom stereocenters. The van der Waals surface area contributed by atoms with Crippen molar-refractivity contribution in [2.24, 2.45) is 0 Å². The first kappa shape index (κ1) is 12.5. The van der Waals surface area contributed by atoms with Crippen LogP contribution in [0.3, 0.4) is 0 Å². The molecule has 17 heavy (non-hydrogen) atoms. The third-order valence-corrected chi connectivity index (χ3v) is 3.89. The van der Waals surface area contributed by atoms with Gasteiger partial charge in [-0.05, 0) is 21.0 Å². The second kappa shape index (κ2) is 5.57. The van der Waals surface area contributed by atoms with Crippen molar-refractivity contribution < 1.29 is 0 Å². The zero-order valence-corrected chi connectivity index (χ0v) is 11.9. The van der Waals surface area contributed by atoms with Gasteiger partial charge in [-0.25, -0.2) is 9.97 Å². The van der Waals surface area contributed by atoms with Gasteiger partial charge in [-0.3, -0.25) is 0 Å². The first-order valence-electron chi connectivity index (χ1n) is 5.48. The van der Waals surface area contributed by atoms with E-state index in [4.69, 9.17) is 0 Å². The molecule has 0 fully saturated rings. The van der Waals surface area contributed by atoms with E-state index in [0.29, 0.717) is 0 Å². The van der Waals surface area contributed by atoms with Crippen LogP contribution in [0.15, 0.2) is 11.6 Å². The predicted octanol–water partition coefficient (Wildman–Crippen LogP) is 2.76. The highest BCUT2D eigenvalue weighted by Crippen LogP contribution is 2.29. The Morgan fingerprint density at radius 1 is 1.41 bits per heavy atom. The van der Waals surface area contributed by atoms with Crippen LogP contribution in [0.25, 0.3) is 10.6 Å². The molecular formula is C11H16N4S2. The zero-order chi connectivity index (χ0) is 12.3. The molecule has 92 valence electrons. The molecule has 0 aliphatic rings. The van der Waals surface area contributed by atoms with Gasteiger partial charge in [0.25, 0.3) is 0 Å². The van der Waals surface area contributed by atoms with E-state index in [1.807, 2.05) is 20.3 Å². The number of rotatable bonds is 5. The minimum absolute atomic E-state index is 0.884. The molecule has 4 nitrogen and oxygen atoms in total. The first-order valence-corrected chi connectivity index (χ1v) is 7.18. The Labute approximate surface area is 109 Å². The fourth-order valence-corrected chi connectivity index (χ4v) is 3.24. The Morgan fingerprint density at radius 2 is 2.24 bits per heavy atom. The molecule has 0 aromatic carbocycles.